The first-order chi connectivity index (χ1) is 15.6. The minimum Gasteiger partial charge on any atom is -0.478 e. The fraction of sp³-hybridized carbons (Fsp3) is 0.136. The van der Waals surface area contributed by atoms with Crippen LogP contribution in [0.25, 0.3) is 0 Å². The average Bonchev–Trinajstić information content (AvgIpc) is 2.75. The van der Waals surface area contributed by atoms with Gasteiger partial charge in [-0.15, -0.1) is 0 Å². The van der Waals surface area contributed by atoms with Crippen LogP contribution in [0.3, 0.4) is 0 Å². The summed E-state index contributed by atoms with van der Waals surface area (Å²) in [6.07, 6.45) is 0.947. The molecule has 1 fully saturated rings. The molecular formula is C22H19ClN4O6. The first kappa shape index (κ1) is 23.5. The highest BCUT2D eigenvalue weighted by molar-refractivity contribution is 6.30. The van der Waals surface area contributed by atoms with Crippen LogP contribution in [-0.4, -0.2) is 35.1 Å². The molecule has 0 atom stereocenters. The topological polar surface area (TPSA) is 143 Å². The van der Waals surface area contributed by atoms with Gasteiger partial charge < -0.3 is 10.2 Å². The minimum absolute atomic E-state index is 0.190. The number of rotatable bonds is 7. The smallest absolute Gasteiger partial charge is 0.328 e. The second kappa shape index (κ2) is 9.53. The summed E-state index contributed by atoms with van der Waals surface area (Å²) >= 11 is 5.84. The summed E-state index contributed by atoms with van der Waals surface area (Å²) in [5.74, 6) is -2.28. The summed E-state index contributed by atoms with van der Waals surface area (Å²) < 4.78 is 5.71. The van der Waals surface area contributed by atoms with E-state index in [2.05, 4.69) is 10.9 Å². The van der Waals surface area contributed by atoms with Gasteiger partial charge in [0, 0.05) is 22.3 Å². The fourth-order valence-electron chi connectivity index (χ4n) is 2.71. The van der Waals surface area contributed by atoms with Crippen molar-refractivity contribution in [2.75, 3.05) is 0 Å². The fourth-order valence-corrected chi connectivity index (χ4v) is 2.84. The predicted molar refractivity (Wildman–Crippen MR) is 117 cm³/mol. The second-order valence-corrected chi connectivity index (χ2v) is 7.80. The maximum atomic E-state index is 12.5. The minimum atomic E-state index is -1.36. The number of carbonyl (C=O) groups excluding carboxylic acids is 5. The number of hydrazine groups is 1. The Bertz CT molecular complexity index is 1130. The Labute approximate surface area is 193 Å². The number of benzene rings is 2. The maximum Gasteiger partial charge on any atom is 0.328 e. The van der Waals surface area contributed by atoms with Gasteiger partial charge in [-0.25, -0.2) is 4.79 Å². The van der Waals surface area contributed by atoms with E-state index in [-0.39, 0.29) is 5.78 Å². The van der Waals surface area contributed by atoms with E-state index in [4.69, 9.17) is 16.3 Å². The van der Waals surface area contributed by atoms with Gasteiger partial charge in [0.1, 0.15) is 11.3 Å². The zero-order valence-corrected chi connectivity index (χ0v) is 18.3. The van der Waals surface area contributed by atoms with E-state index in [9.17, 15) is 24.0 Å². The molecule has 0 aliphatic carbocycles. The lowest BCUT2D eigenvalue weighted by Gasteiger charge is -2.25. The molecule has 1 saturated heterocycles. The zero-order valence-electron chi connectivity index (χ0n) is 17.5. The number of halogens is 1. The van der Waals surface area contributed by atoms with Gasteiger partial charge in [0.05, 0.1) is 0 Å². The van der Waals surface area contributed by atoms with Crippen molar-refractivity contribution < 1.29 is 28.7 Å². The third kappa shape index (κ3) is 5.74. The number of ether oxygens (including phenoxy) is 1. The Morgan fingerprint density at radius 1 is 0.909 bits per heavy atom. The van der Waals surface area contributed by atoms with E-state index in [0.29, 0.717) is 21.9 Å². The normalized spacial score (nSPS) is 13.5. The van der Waals surface area contributed by atoms with Gasteiger partial charge in [-0.05, 0) is 62.4 Å². The molecule has 0 radical (unpaired) electrons. The van der Waals surface area contributed by atoms with E-state index in [1.165, 1.54) is 13.8 Å². The van der Waals surface area contributed by atoms with Gasteiger partial charge >= 0.3 is 6.03 Å². The van der Waals surface area contributed by atoms with Crippen molar-refractivity contribution in [1.29, 1.82) is 0 Å². The quantitative estimate of drug-likeness (QED) is 0.208. The van der Waals surface area contributed by atoms with Crippen LogP contribution in [-0.2, 0) is 14.4 Å². The number of carbonyl (C=O) groups is 5. The molecule has 0 spiro atoms. The SMILES string of the molecule is CC(C)(Oc1ccc(C(=O)c2ccc(Cl)cc2)cc1)C(=O)NNC=C1C(=O)NC(=O)NC1=O. The molecule has 4 N–H and O–H groups in total. The molecule has 10 nitrogen and oxygen atoms in total. The van der Waals surface area contributed by atoms with E-state index in [0.717, 1.165) is 6.20 Å². The number of nitrogens with one attached hydrogen (secondary N) is 4. The van der Waals surface area contributed by atoms with Crippen LogP contribution in [0.4, 0.5) is 4.79 Å². The number of ketones is 1. The van der Waals surface area contributed by atoms with Gasteiger partial charge in [-0.3, -0.25) is 35.2 Å². The second-order valence-electron chi connectivity index (χ2n) is 7.37. The number of barbiturate groups is 1. The Morgan fingerprint density at radius 3 is 1.97 bits per heavy atom. The van der Waals surface area contributed by atoms with Crippen molar-refractivity contribution >= 4 is 41.1 Å². The van der Waals surface area contributed by atoms with E-state index in [1.54, 1.807) is 48.5 Å². The number of amides is 5. The van der Waals surface area contributed by atoms with Gasteiger partial charge in [0.25, 0.3) is 17.7 Å². The van der Waals surface area contributed by atoms with Crippen molar-refractivity contribution in [3.63, 3.8) is 0 Å². The summed E-state index contributed by atoms with van der Waals surface area (Å²) in [6.45, 7) is 3.01. The molecule has 0 bridgehead atoms. The Morgan fingerprint density at radius 2 is 1.42 bits per heavy atom. The average molecular weight is 471 g/mol. The summed E-state index contributed by atoms with van der Waals surface area (Å²) in [6, 6.07) is 11.8. The molecule has 33 heavy (non-hydrogen) atoms. The van der Waals surface area contributed by atoms with Gasteiger partial charge in [0.2, 0.25) is 0 Å². The molecule has 170 valence electrons. The first-order valence-corrected chi connectivity index (χ1v) is 9.97. The molecule has 11 heteroatoms. The third-order valence-corrected chi connectivity index (χ3v) is 4.74. The Hall–Kier alpha value is -4.18. The highest BCUT2D eigenvalue weighted by Crippen LogP contribution is 2.21. The molecule has 2 aromatic rings. The monoisotopic (exact) mass is 470 g/mol. The lowest BCUT2D eigenvalue weighted by Crippen LogP contribution is -2.53. The predicted octanol–water partition coefficient (Wildman–Crippen LogP) is 1.60. The molecule has 1 aliphatic heterocycles. The third-order valence-electron chi connectivity index (χ3n) is 4.49. The molecule has 0 unspecified atom stereocenters. The number of imide groups is 2. The number of hydrogen-bond donors (Lipinski definition) is 4. The van der Waals surface area contributed by atoms with E-state index < -0.39 is 34.9 Å². The van der Waals surface area contributed by atoms with Crippen LogP contribution >= 0.6 is 11.6 Å². The molecule has 3 rings (SSSR count). The highest BCUT2D eigenvalue weighted by Gasteiger charge is 2.31. The van der Waals surface area contributed by atoms with Gasteiger partial charge in [0.15, 0.2) is 11.4 Å². The van der Waals surface area contributed by atoms with Crippen molar-refractivity contribution in [2.24, 2.45) is 0 Å². The summed E-state index contributed by atoms with van der Waals surface area (Å²) in [5.41, 5.74) is 3.80. The van der Waals surface area contributed by atoms with Crippen LogP contribution in [0, 0.1) is 0 Å². The standard InChI is InChI=1S/C22H19ClN4O6/c1-22(2,20(31)27-24-11-16-18(29)25-21(32)26-19(16)30)33-15-9-5-13(6-10-15)17(28)12-3-7-14(23)8-4-12/h3-11,24H,1-2H3,(H,27,31)(H2,25,26,29,30,32). The number of hydrogen-bond acceptors (Lipinski definition) is 7. The van der Waals surface area contributed by atoms with Crippen molar-refractivity contribution in [2.45, 2.75) is 19.4 Å². The zero-order chi connectivity index (χ0) is 24.2. The van der Waals surface area contributed by atoms with E-state index >= 15 is 0 Å². The largest absolute Gasteiger partial charge is 0.478 e. The van der Waals surface area contributed by atoms with E-state index in [1.807, 2.05) is 10.6 Å². The molecule has 5 amide bonds. The summed E-state index contributed by atoms with van der Waals surface area (Å²) in [4.78, 5) is 59.3. The van der Waals surface area contributed by atoms with Crippen molar-refractivity contribution in [3.8, 4) is 5.75 Å². The van der Waals surface area contributed by atoms with Crippen LogP contribution in [0.1, 0.15) is 29.8 Å². The molecule has 1 aliphatic rings. The Balaban J connectivity index is 1.59. The van der Waals surface area contributed by atoms with Crippen molar-refractivity contribution in [1.82, 2.24) is 21.5 Å². The highest BCUT2D eigenvalue weighted by atomic mass is 35.5. The summed E-state index contributed by atoms with van der Waals surface area (Å²) in [5, 5.41) is 4.33. The molecule has 1 heterocycles. The number of urea groups is 1. The molecule has 0 saturated carbocycles. The molecule has 2 aromatic carbocycles. The van der Waals surface area contributed by atoms with Crippen molar-refractivity contribution in [3.05, 3.63) is 76.5 Å². The lowest BCUT2D eigenvalue weighted by molar-refractivity contribution is -0.135. The van der Waals surface area contributed by atoms with Crippen LogP contribution in [0.5, 0.6) is 5.75 Å². The van der Waals surface area contributed by atoms with Crippen LogP contribution in [0.15, 0.2) is 60.3 Å². The molecule has 0 aromatic heterocycles. The maximum absolute atomic E-state index is 12.5. The van der Waals surface area contributed by atoms with Gasteiger partial charge in [-0.2, -0.15) is 0 Å². The van der Waals surface area contributed by atoms with Crippen LogP contribution < -0.4 is 26.2 Å². The van der Waals surface area contributed by atoms with Gasteiger partial charge in [-0.1, -0.05) is 11.6 Å². The first-order valence-electron chi connectivity index (χ1n) is 9.59. The van der Waals surface area contributed by atoms with Crippen LogP contribution in [0.2, 0.25) is 5.02 Å². The summed E-state index contributed by atoms with van der Waals surface area (Å²) in [7, 11) is 0. The lowest BCUT2D eigenvalue weighted by atomic mass is 10.0. The molecular weight excluding hydrogens is 452 g/mol. The Kier molecular flexibility index (Phi) is 6.78.